The highest BCUT2D eigenvalue weighted by atomic mass is 35.5. The fraction of sp³-hybridized carbons (Fsp3) is 0.111. The molecule has 3 rings (SSSR count). The second kappa shape index (κ2) is 8.05. The van der Waals surface area contributed by atoms with Gasteiger partial charge in [-0.05, 0) is 17.7 Å². The molecule has 5 nitrogen and oxygen atoms in total. The summed E-state index contributed by atoms with van der Waals surface area (Å²) in [4.78, 5) is 15.6. The number of nitrogens with zero attached hydrogens (tertiary/aromatic N) is 2. The SMILES string of the molecule is Cl.Nc1ccccc1-c1nc(Cl)c(CC(=O)O)n1Cc1ccccc1. The van der Waals surface area contributed by atoms with Crippen molar-refractivity contribution < 1.29 is 9.90 Å². The Labute approximate surface area is 156 Å². The van der Waals surface area contributed by atoms with Gasteiger partial charge in [-0.1, -0.05) is 54.1 Å². The van der Waals surface area contributed by atoms with Gasteiger partial charge in [-0.25, -0.2) is 4.98 Å². The van der Waals surface area contributed by atoms with Crippen molar-refractivity contribution >= 4 is 35.7 Å². The van der Waals surface area contributed by atoms with E-state index in [-0.39, 0.29) is 24.0 Å². The van der Waals surface area contributed by atoms with Crippen LogP contribution in [-0.2, 0) is 17.8 Å². The predicted octanol–water partition coefficient (Wildman–Crippen LogP) is 3.88. The molecule has 0 aliphatic rings. The number of carboxylic acids is 1. The molecule has 0 saturated carbocycles. The third-order valence-corrected chi connectivity index (χ3v) is 4.03. The number of carboxylic acid groups (broad SMARTS) is 1. The van der Waals surface area contributed by atoms with Crippen molar-refractivity contribution in [2.45, 2.75) is 13.0 Å². The third-order valence-electron chi connectivity index (χ3n) is 3.73. The molecule has 2 aromatic carbocycles. The number of imidazole rings is 1. The summed E-state index contributed by atoms with van der Waals surface area (Å²) < 4.78 is 1.82. The van der Waals surface area contributed by atoms with Crippen LogP contribution in [0.5, 0.6) is 0 Å². The fourth-order valence-corrected chi connectivity index (χ4v) is 2.86. The number of aromatic nitrogens is 2. The summed E-state index contributed by atoms with van der Waals surface area (Å²) in [5.74, 6) is -0.392. The van der Waals surface area contributed by atoms with Crippen LogP contribution in [0.3, 0.4) is 0 Å². The number of rotatable bonds is 5. The molecule has 0 spiro atoms. The largest absolute Gasteiger partial charge is 0.481 e. The van der Waals surface area contributed by atoms with Gasteiger partial charge in [-0.15, -0.1) is 12.4 Å². The lowest BCUT2D eigenvalue weighted by Crippen LogP contribution is -2.11. The van der Waals surface area contributed by atoms with Crippen LogP contribution in [0.1, 0.15) is 11.3 Å². The van der Waals surface area contributed by atoms with Crippen LogP contribution in [0.15, 0.2) is 54.6 Å². The number of benzene rings is 2. The van der Waals surface area contributed by atoms with E-state index in [1.54, 1.807) is 6.07 Å². The molecule has 0 atom stereocenters. The molecule has 0 unspecified atom stereocenters. The molecular formula is C18H17Cl2N3O2. The number of nitrogens with two attached hydrogens (primary N) is 1. The average molecular weight is 378 g/mol. The van der Waals surface area contributed by atoms with Gasteiger partial charge >= 0.3 is 5.97 Å². The second-order valence-corrected chi connectivity index (χ2v) is 5.76. The highest BCUT2D eigenvalue weighted by Gasteiger charge is 2.20. The highest BCUT2D eigenvalue weighted by Crippen LogP contribution is 2.30. The Hall–Kier alpha value is -2.50. The summed E-state index contributed by atoms with van der Waals surface area (Å²) in [7, 11) is 0. The number of para-hydroxylation sites is 1. The molecule has 130 valence electrons. The molecule has 7 heteroatoms. The first kappa shape index (κ1) is 18.8. The van der Waals surface area contributed by atoms with E-state index in [1.165, 1.54) is 0 Å². The number of halogens is 2. The Kier molecular flexibility index (Phi) is 6.07. The van der Waals surface area contributed by atoms with Crippen molar-refractivity contribution in [3.05, 3.63) is 71.0 Å². The molecule has 0 fully saturated rings. The van der Waals surface area contributed by atoms with Crippen LogP contribution in [0.25, 0.3) is 11.4 Å². The van der Waals surface area contributed by atoms with Crippen molar-refractivity contribution in [3.8, 4) is 11.4 Å². The van der Waals surface area contributed by atoms with Crippen molar-refractivity contribution in [2.75, 3.05) is 5.73 Å². The van der Waals surface area contributed by atoms with Gasteiger partial charge in [0.2, 0.25) is 0 Å². The molecule has 0 aliphatic carbocycles. The van der Waals surface area contributed by atoms with Crippen LogP contribution in [0.2, 0.25) is 5.15 Å². The Morgan fingerprint density at radius 2 is 1.76 bits per heavy atom. The quantitative estimate of drug-likeness (QED) is 0.661. The second-order valence-electron chi connectivity index (χ2n) is 5.40. The predicted molar refractivity (Wildman–Crippen MR) is 101 cm³/mol. The zero-order chi connectivity index (χ0) is 17.1. The summed E-state index contributed by atoms with van der Waals surface area (Å²) in [5.41, 5.74) is 8.84. The fourth-order valence-electron chi connectivity index (χ4n) is 2.61. The first-order valence-corrected chi connectivity index (χ1v) is 7.79. The van der Waals surface area contributed by atoms with E-state index in [4.69, 9.17) is 17.3 Å². The Morgan fingerprint density at radius 1 is 1.12 bits per heavy atom. The molecule has 3 aromatic rings. The molecule has 1 heterocycles. The van der Waals surface area contributed by atoms with Crippen LogP contribution in [0, 0.1) is 0 Å². The number of anilines is 1. The summed E-state index contributed by atoms with van der Waals surface area (Å²) >= 11 is 6.23. The Bertz CT molecular complexity index is 879. The maximum absolute atomic E-state index is 11.2. The maximum Gasteiger partial charge on any atom is 0.309 e. The minimum absolute atomic E-state index is 0. The van der Waals surface area contributed by atoms with Gasteiger partial charge in [0.1, 0.15) is 5.82 Å². The molecule has 0 bridgehead atoms. The van der Waals surface area contributed by atoms with Crippen molar-refractivity contribution in [2.24, 2.45) is 0 Å². The summed E-state index contributed by atoms with van der Waals surface area (Å²) in [6.07, 6.45) is -0.203. The maximum atomic E-state index is 11.2. The van der Waals surface area contributed by atoms with Crippen LogP contribution < -0.4 is 5.73 Å². The van der Waals surface area contributed by atoms with Gasteiger partial charge in [0.05, 0.1) is 12.1 Å². The Morgan fingerprint density at radius 3 is 2.40 bits per heavy atom. The van der Waals surface area contributed by atoms with E-state index < -0.39 is 5.97 Å². The van der Waals surface area contributed by atoms with Crippen LogP contribution >= 0.6 is 24.0 Å². The number of aliphatic carboxylic acids is 1. The molecule has 0 amide bonds. The number of carbonyl (C=O) groups is 1. The zero-order valence-electron chi connectivity index (χ0n) is 13.2. The molecule has 1 aromatic heterocycles. The van der Waals surface area contributed by atoms with Crippen LogP contribution in [0.4, 0.5) is 5.69 Å². The van der Waals surface area contributed by atoms with E-state index in [0.717, 1.165) is 11.1 Å². The lowest BCUT2D eigenvalue weighted by molar-refractivity contribution is -0.136. The van der Waals surface area contributed by atoms with Crippen LogP contribution in [-0.4, -0.2) is 20.6 Å². The standard InChI is InChI=1S/C18H16ClN3O2.ClH/c19-17-15(10-16(23)24)22(11-12-6-2-1-3-7-12)18(21-17)13-8-4-5-9-14(13)20;/h1-9H,10-11,20H2,(H,23,24);1H. The summed E-state index contributed by atoms with van der Waals surface area (Å²) in [6.45, 7) is 0.465. The molecule has 0 radical (unpaired) electrons. The van der Waals surface area contributed by atoms with E-state index >= 15 is 0 Å². The lowest BCUT2D eigenvalue weighted by atomic mass is 10.1. The van der Waals surface area contributed by atoms with Crippen molar-refractivity contribution in [3.63, 3.8) is 0 Å². The minimum Gasteiger partial charge on any atom is -0.481 e. The lowest BCUT2D eigenvalue weighted by Gasteiger charge is -2.13. The molecular weight excluding hydrogens is 361 g/mol. The van der Waals surface area contributed by atoms with E-state index in [0.29, 0.717) is 23.8 Å². The molecule has 25 heavy (non-hydrogen) atoms. The van der Waals surface area contributed by atoms with Gasteiger partial charge in [0.25, 0.3) is 0 Å². The van der Waals surface area contributed by atoms with E-state index in [9.17, 15) is 9.90 Å². The smallest absolute Gasteiger partial charge is 0.309 e. The topological polar surface area (TPSA) is 81.1 Å². The monoisotopic (exact) mass is 377 g/mol. The first-order valence-electron chi connectivity index (χ1n) is 7.41. The molecule has 3 N–H and O–H groups in total. The number of hydrogen-bond acceptors (Lipinski definition) is 3. The van der Waals surface area contributed by atoms with Gasteiger partial charge in [0.15, 0.2) is 5.15 Å². The van der Waals surface area contributed by atoms with Gasteiger partial charge in [0, 0.05) is 17.8 Å². The Balaban J connectivity index is 0.00000225. The third kappa shape index (κ3) is 4.13. The van der Waals surface area contributed by atoms with Crippen molar-refractivity contribution in [1.82, 2.24) is 9.55 Å². The van der Waals surface area contributed by atoms with Gasteiger partial charge in [-0.2, -0.15) is 0 Å². The summed E-state index contributed by atoms with van der Waals surface area (Å²) in [5, 5.41) is 9.38. The van der Waals surface area contributed by atoms with E-state index in [2.05, 4.69) is 4.98 Å². The van der Waals surface area contributed by atoms with Gasteiger partial charge < -0.3 is 15.4 Å². The number of hydrogen-bond donors (Lipinski definition) is 2. The molecule has 0 saturated heterocycles. The molecule has 0 aliphatic heterocycles. The minimum atomic E-state index is -0.960. The van der Waals surface area contributed by atoms with Crippen molar-refractivity contribution in [1.29, 1.82) is 0 Å². The first-order chi connectivity index (χ1) is 11.6. The van der Waals surface area contributed by atoms with E-state index in [1.807, 2.05) is 53.1 Å². The summed E-state index contributed by atoms with van der Waals surface area (Å²) in [6, 6.07) is 17.1. The highest BCUT2D eigenvalue weighted by molar-refractivity contribution is 6.30. The zero-order valence-corrected chi connectivity index (χ0v) is 14.8. The normalized spacial score (nSPS) is 10.3. The number of nitrogen functional groups attached to an aromatic ring is 1. The average Bonchev–Trinajstić information content (AvgIpc) is 2.85. The van der Waals surface area contributed by atoms with Gasteiger partial charge in [-0.3, -0.25) is 4.79 Å².